The van der Waals surface area contributed by atoms with Crippen molar-refractivity contribution in [1.82, 2.24) is 0 Å². The summed E-state index contributed by atoms with van der Waals surface area (Å²) in [5, 5.41) is 42.1. The maximum absolute atomic E-state index is 11.1. The van der Waals surface area contributed by atoms with E-state index >= 15 is 0 Å². The molecule has 12 nitrogen and oxygen atoms in total. The Morgan fingerprint density at radius 3 is 1.79 bits per heavy atom. The zero-order chi connectivity index (χ0) is 18.3. The van der Waals surface area contributed by atoms with Gasteiger partial charge in [-0.25, -0.2) is 4.98 Å². The molecule has 0 spiro atoms. The molecule has 0 aliphatic rings. The summed E-state index contributed by atoms with van der Waals surface area (Å²) in [7, 11) is 0. The molecule has 0 aliphatic carbocycles. The standard InChI is InChI=1S/C6H3N3O7.C6H8N2/c10-6-4(8(13)14)1-3(7(11)12)2-5(6)9(15)16;7-5-6-3-1-2-4-8-6/h1-2,10H;1-4H,5,7H2. The van der Waals surface area contributed by atoms with Crippen LogP contribution in [0.2, 0.25) is 0 Å². The minimum atomic E-state index is -1.46. The summed E-state index contributed by atoms with van der Waals surface area (Å²) in [6.07, 6.45) is 1.86. The second-order valence-electron chi connectivity index (χ2n) is 4.18. The largest absolute Gasteiger partial charge is 0.863 e. The Bertz CT molecular complexity index is 731. The minimum absolute atomic E-state index is 0.384. The molecule has 0 saturated carbocycles. The summed E-state index contributed by atoms with van der Waals surface area (Å²) in [4.78, 5) is 30.5. The maximum Gasteiger partial charge on any atom is 0.283 e. The summed E-state index contributed by atoms with van der Waals surface area (Å²) in [6.45, 7) is 0.584. The smallest absolute Gasteiger partial charge is 0.283 e. The highest BCUT2D eigenvalue weighted by Crippen LogP contribution is 2.36. The van der Waals surface area contributed by atoms with Crippen LogP contribution in [-0.2, 0) is 6.54 Å². The number of nitro groups is 3. The van der Waals surface area contributed by atoms with Gasteiger partial charge in [0.15, 0.2) is 11.9 Å². The summed E-state index contributed by atoms with van der Waals surface area (Å²) >= 11 is 0. The summed E-state index contributed by atoms with van der Waals surface area (Å²) in [6, 6.07) is 6.61. The van der Waals surface area contributed by atoms with Crippen molar-refractivity contribution in [2.75, 3.05) is 0 Å². The van der Waals surface area contributed by atoms with Gasteiger partial charge in [-0.2, -0.15) is 0 Å². The van der Waals surface area contributed by atoms with Crippen LogP contribution in [-0.4, -0.2) is 14.8 Å². The van der Waals surface area contributed by atoms with Gasteiger partial charge < -0.3 is 10.8 Å². The Labute approximate surface area is 133 Å². The van der Waals surface area contributed by atoms with Crippen molar-refractivity contribution in [2.45, 2.75) is 6.54 Å². The van der Waals surface area contributed by atoms with E-state index in [0.29, 0.717) is 18.7 Å². The number of nitrogens with two attached hydrogens (primary N) is 1. The molecule has 1 heterocycles. The van der Waals surface area contributed by atoms with Crippen molar-refractivity contribution in [3.05, 3.63) is 72.6 Å². The van der Waals surface area contributed by atoms with Crippen molar-refractivity contribution >= 4 is 17.1 Å². The van der Waals surface area contributed by atoms with E-state index in [1.807, 2.05) is 24.4 Å². The molecule has 0 fully saturated rings. The first-order valence-electron chi connectivity index (χ1n) is 6.21. The first kappa shape index (κ1) is 18.4. The number of hydrogen-bond acceptors (Lipinski definition) is 8. The third-order valence-corrected chi connectivity index (χ3v) is 2.63. The first-order valence-corrected chi connectivity index (χ1v) is 6.21. The third kappa shape index (κ3) is 4.67. The fourth-order valence-electron chi connectivity index (χ4n) is 1.52. The minimum Gasteiger partial charge on any atom is -0.863 e. The van der Waals surface area contributed by atoms with Gasteiger partial charge in [-0.15, -0.1) is 0 Å². The summed E-state index contributed by atoms with van der Waals surface area (Å²) in [5.74, 6) is -1.46. The van der Waals surface area contributed by atoms with Gasteiger partial charge in [-0.3, -0.25) is 30.3 Å². The number of benzene rings is 1. The van der Waals surface area contributed by atoms with Crippen molar-refractivity contribution in [2.24, 2.45) is 5.73 Å². The fourth-order valence-corrected chi connectivity index (χ4v) is 1.52. The lowest BCUT2D eigenvalue weighted by Crippen LogP contribution is -2.12. The van der Waals surface area contributed by atoms with Gasteiger partial charge in [-0.05, 0) is 0 Å². The molecule has 1 aromatic heterocycles. The molecule has 0 saturated heterocycles. The zero-order valence-electron chi connectivity index (χ0n) is 11.9. The van der Waals surface area contributed by atoms with Crippen LogP contribution in [0.15, 0.2) is 36.5 Å². The van der Waals surface area contributed by atoms with E-state index in [4.69, 9.17) is 5.73 Å². The summed E-state index contributed by atoms with van der Waals surface area (Å²) < 4.78 is 0. The van der Waals surface area contributed by atoms with Crippen molar-refractivity contribution < 1.29 is 24.9 Å². The fraction of sp³-hybridized carbons (Fsp3) is 0.0833. The van der Waals surface area contributed by atoms with Crippen molar-refractivity contribution in [3.8, 4) is 5.75 Å². The van der Waals surface area contributed by atoms with E-state index < -0.39 is 37.6 Å². The predicted molar refractivity (Wildman–Crippen MR) is 76.7 cm³/mol. The highest BCUT2D eigenvalue weighted by Gasteiger charge is 2.24. The van der Waals surface area contributed by atoms with Gasteiger partial charge in [0.1, 0.15) is 0 Å². The average Bonchev–Trinajstić information content (AvgIpc) is 2.55. The van der Waals surface area contributed by atoms with E-state index in [9.17, 15) is 35.4 Å². The molecule has 0 radical (unpaired) electrons. The van der Waals surface area contributed by atoms with Crippen LogP contribution in [0.1, 0.15) is 5.69 Å². The Hall–Kier alpha value is -3.67. The van der Waals surface area contributed by atoms with E-state index in [1.165, 1.54) is 0 Å². The third-order valence-electron chi connectivity index (χ3n) is 2.63. The number of hydrogen-bond donors (Lipinski definition) is 1. The molecule has 2 rings (SSSR count). The molecular formula is C12H11N5O7. The second kappa shape index (κ2) is 8.09. The normalized spacial score (nSPS) is 9.54. The number of aromatic nitrogens is 1. The molecule has 0 unspecified atom stereocenters. The molecular weight excluding hydrogens is 326 g/mol. The summed E-state index contributed by atoms with van der Waals surface area (Å²) in [5.41, 5.74) is 3.12. The van der Waals surface area contributed by atoms with Crippen LogP contribution in [0.4, 0.5) is 17.1 Å². The monoisotopic (exact) mass is 337 g/mol. The number of nitrogens with one attached hydrogen (secondary N) is 1. The molecule has 2 aromatic rings. The molecule has 0 atom stereocenters. The highest BCUT2D eigenvalue weighted by atomic mass is 16.6. The van der Waals surface area contributed by atoms with Crippen molar-refractivity contribution in [1.29, 1.82) is 0 Å². The Balaban J connectivity index is 0.000000300. The molecule has 126 valence electrons. The molecule has 24 heavy (non-hydrogen) atoms. The number of non-ortho nitro benzene ring substituents is 1. The lowest BCUT2D eigenvalue weighted by Gasteiger charge is -2.06. The van der Waals surface area contributed by atoms with Crippen LogP contribution in [0.3, 0.4) is 0 Å². The molecule has 0 aliphatic heterocycles. The van der Waals surface area contributed by atoms with Gasteiger partial charge >= 0.3 is 0 Å². The number of nitro benzene ring substituents is 3. The molecule has 1 aromatic carbocycles. The quantitative estimate of drug-likeness (QED) is 0.613. The van der Waals surface area contributed by atoms with Crippen molar-refractivity contribution in [3.63, 3.8) is 0 Å². The topological polar surface area (TPSA) is 193 Å². The van der Waals surface area contributed by atoms with E-state index in [2.05, 4.69) is 4.98 Å². The lowest BCUT2D eigenvalue weighted by atomic mass is 10.2. The van der Waals surface area contributed by atoms with E-state index in [-0.39, 0.29) is 0 Å². The van der Waals surface area contributed by atoms with Crippen LogP contribution in [0.5, 0.6) is 5.75 Å². The first-order chi connectivity index (χ1) is 11.3. The number of rotatable bonds is 4. The van der Waals surface area contributed by atoms with Crippen LogP contribution >= 0.6 is 0 Å². The van der Waals surface area contributed by atoms with Crippen LogP contribution in [0.25, 0.3) is 0 Å². The number of aromatic amines is 1. The van der Waals surface area contributed by atoms with E-state index in [1.54, 1.807) is 0 Å². The molecule has 3 N–H and O–H groups in total. The number of pyridine rings is 1. The van der Waals surface area contributed by atoms with Gasteiger partial charge in [0.05, 0.1) is 39.2 Å². The molecule has 12 heteroatoms. The predicted octanol–water partition coefficient (Wildman–Crippen LogP) is 0.444. The highest BCUT2D eigenvalue weighted by molar-refractivity contribution is 5.63. The van der Waals surface area contributed by atoms with E-state index in [0.717, 1.165) is 5.69 Å². The van der Waals surface area contributed by atoms with Gasteiger partial charge in [0.2, 0.25) is 0 Å². The van der Waals surface area contributed by atoms with Crippen LogP contribution in [0, 0.1) is 30.3 Å². The molecule has 0 amide bonds. The molecule has 0 bridgehead atoms. The van der Waals surface area contributed by atoms with Crippen LogP contribution < -0.4 is 15.8 Å². The van der Waals surface area contributed by atoms with Gasteiger partial charge in [0.25, 0.3) is 17.1 Å². The SMILES string of the molecule is NCc1cccc[nH+]1.O=[N+]([O-])c1cc([N+](=O)[O-])c([O-])c([N+](=O)[O-])c1. The lowest BCUT2D eigenvalue weighted by molar-refractivity contribution is -0.420. The Morgan fingerprint density at radius 1 is 0.958 bits per heavy atom. The van der Waals surface area contributed by atoms with Gasteiger partial charge in [-0.1, -0.05) is 6.07 Å². The number of nitrogens with zero attached hydrogens (tertiary/aromatic N) is 3. The number of H-pyrrole nitrogens is 1. The second-order valence-corrected chi connectivity index (χ2v) is 4.18. The average molecular weight is 337 g/mol. The Morgan fingerprint density at radius 2 is 1.50 bits per heavy atom. The zero-order valence-corrected chi connectivity index (χ0v) is 11.9. The Kier molecular flexibility index (Phi) is 6.20. The van der Waals surface area contributed by atoms with Gasteiger partial charge in [0, 0.05) is 12.1 Å². The maximum atomic E-state index is 11.1.